The van der Waals surface area contributed by atoms with Gasteiger partial charge in [-0.2, -0.15) is 5.26 Å². The molecule has 26 heavy (non-hydrogen) atoms. The van der Waals surface area contributed by atoms with E-state index < -0.39 is 6.10 Å². The molecule has 0 bridgehead atoms. The van der Waals surface area contributed by atoms with Gasteiger partial charge in [-0.3, -0.25) is 0 Å². The largest absolute Gasteiger partial charge is 0.385 e. The van der Waals surface area contributed by atoms with Gasteiger partial charge in [0.25, 0.3) is 0 Å². The molecule has 2 unspecified atom stereocenters. The summed E-state index contributed by atoms with van der Waals surface area (Å²) in [5.41, 5.74) is 2.27. The molecular weight excluding hydrogens is 326 g/mol. The molecule has 0 spiro atoms. The Morgan fingerprint density at radius 2 is 2.19 bits per heavy atom. The molecule has 6 heteroatoms. The fourth-order valence-corrected chi connectivity index (χ4v) is 3.84. The summed E-state index contributed by atoms with van der Waals surface area (Å²) in [7, 11) is 1.90. The number of anilines is 1. The Labute approximate surface area is 152 Å². The van der Waals surface area contributed by atoms with Gasteiger partial charge in [-0.1, -0.05) is 18.2 Å². The minimum absolute atomic E-state index is 0.0994. The van der Waals surface area contributed by atoms with Gasteiger partial charge in [0.2, 0.25) is 0 Å². The summed E-state index contributed by atoms with van der Waals surface area (Å²) in [4.78, 5) is 11.0. The molecule has 0 saturated carbocycles. The van der Waals surface area contributed by atoms with Gasteiger partial charge in [0.15, 0.2) is 0 Å². The number of fused-ring (bicyclic) bond motifs is 1. The molecule has 2 atom stereocenters. The number of piperidine rings is 1. The summed E-state index contributed by atoms with van der Waals surface area (Å²) in [6, 6.07) is 11.9. The average Bonchev–Trinajstić information content (AvgIpc) is 3.12. The van der Waals surface area contributed by atoms with Crippen molar-refractivity contribution in [3.05, 3.63) is 54.2 Å². The van der Waals surface area contributed by atoms with E-state index in [9.17, 15) is 10.4 Å². The highest BCUT2D eigenvalue weighted by molar-refractivity contribution is 5.92. The van der Waals surface area contributed by atoms with Crippen LogP contribution in [0, 0.1) is 17.2 Å². The molecule has 0 aliphatic carbocycles. The Morgan fingerprint density at radius 1 is 1.35 bits per heavy atom. The quantitative estimate of drug-likeness (QED) is 0.788. The molecule has 1 aliphatic rings. The van der Waals surface area contributed by atoms with Crippen LogP contribution in [0.25, 0.3) is 10.9 Å². The number of hydrogen-bond donors (Lipinski definition) is 1. The third-order valence-electron chi connectivity index (χ3n) is 5.18. The third kappa shape index (κ3) is 2.91. The zero-order valence-corrected chi connectivity index (χ0v) is 14.7. The van der Waals surface area contributed by atoms with Crippen LogP contribution in [0.15, 0.2) is 42.7 Å². The molecule has 3 heterocycles. The summed E-state index contributed by atoms with van der Waals surface area (Å²) in [5.74, 6) is 0.802. The van der Waals surface area contributed by atoms with Crippen LogP contribution in [-0.2, 0) is 7.05 Å². The molecule has 0 radical (unpaired) electrons. The van der Waals surface area contributed by atoms with Crippen molar-refractivity contribution in [2.45, 2.75) is 18.9 Å². The number of aliphatic hydroxyl groups is 1. The summed E-state index contributed by atoms with van der Waals surface area (Å²) < 4.78 is 1.87. The van der Waals surface area contributed by atoms with Gasteiger partial charge < -0.3 is 14.6 Å². The van der Waals surface area contributed by atoms with Crippen LogP contribution < -0.4 is 4.90 Å². The minimum Gasteiger partial charge on any atom is -0.385 e. The van der Waals surface area contributed by atoms with Crippen LogP contribution in [0.5, 0.6) is 0 Å². The normalized spacial score (nSPS) is 18.7. The maximum atomic E-state index is 10.8. The van der Waals surface area contributed by atoms with Gasteiger partial charge in [-0.05, 0) is 25.0 Å². The highest BCUT2D eigenvalue weighted by Crippen LogP contribution is 2.34. The summed E-state index contributed by atoms with van der Waals surface area (Å²) in [6.45, 7) is 1.63. The highest BCUT2D eigenvalue weighted by atomic mass is 16.3. The fraction of sp³-hybridized carbons (Fsp3) is 0.350. The van der Waals surface area contributed by atoms with Crippen LogP contribution in [0.3, 0.4) is 0 Å². The van der Waals surface area contributed by atoms with E-state index in [1.54, 1.807) is 6.20 Å². The molecule has 2 aromatic heterocycles. The van der Waals surface area contributed by atoms with E-state index in [2.05, 4.69) is 20.9 Å². The second-order valence-electron chi connectivity index (χ2n) is 6.85. The van der Waals surface area contributed by atoms with Crippen molar-refractivity contribution < 1.29 is 5.11 Å². The zero-order valence-electron chi connectivity index (χ0n) is 14.7. The van der Waals surface area contributed by atoms with Crippen LogP contribution >= 0.6 is 0 Å². The van der Waals surface area contributed by atoms with E-state index in [-0.39, 0.29) is 5.92 Å². The van der Waals surface area contributed by atoms with E-state index in [4.69, 9.17) is 0 Å². The van der Waals surface area contributed by atoms with Gasteiger partial charge in [0, 0.05) is 49.5 Å². The topological polar surface area (TPSA) is 78.0 Å². The second kappa shape index (κ2) is 6.77. The van der Waals surface area contributed by atoms with Crippen molar-refractivity contribution in [1.29, 1.82) is 5.26 Å². The Kier molecular flexibility index (Phi) is 4.31. The fourth-order valence-electron chi connectivity index (χ4n) is 3.84. The summed E-state index contributed by atoms with van der Waals surface area (Å²) in [6.07, 6.45) is 4.92. The molecular formula is C20H21N5O. The van der Waals surface area contributed by atoms with E-state index in [1.165, 1.54) is 0 Å². The molecule has 1 fully saturated rings. The number of aryl methyl sites for hydroxylation is 1. The lowest BCUT2D eigenvalue weighted by molar-refractivity contribution is 0.0875. The first-order valence-electron chi connectivity index (χ1n) is 8.87. The van der Waals surface area contributed by atoms with E-state index in [1.807, 2.05) is 48.1 Å². The van der Waals surface area contributed by atoms with E-state index >= 15 is 0 Å². The van der Waals surface area contributed by atoms with Gasteiger partial charge in [-0.15, -0.1) is 0 Å². The number of hydrogen-bond acceptors (Lipinski definition) is 5. The first-order chi connectivity index (χ1) is 12.7. The average molecular weight is 347 g/mol. The first kappa shape index (κ1) is 16.6. The smallest absolute Gasteiger partial charge is 0.143 e. The van der Waals surface area contributed by atoms with Crippen LogP contribution in [-0.4, -0.2) is 32.7 Å². The number of para-hydroxylation sites is 1. The number of aromatic nitrogens is 3. The predicted molar refractivity (Wildman–Crippen MR) is 99.6 cm³/mol. The predicted octanol–water partition coefficient (Wildman–Crippen LogP) is 2.79. The van der Waals surface area contributed by atoms with Crippen molar-refractivity contribution in [2.75, 3.05) is 18.0 Å². The standard InChI is InChI=1S/C20H21N5O/c1-24-10-8-22-20(24)19(26)14-5-4-9-25(13-14)18-11-15(12-21)23-17-7-3-2-6-16(17)18/h2-3,6-8,10-11,14,19,26H,4-5,9,13H2,1H3. The molecule has 6 nitrogen and oxygen atoms in total. The van der Waals surface area contributed by atoms with Crippen molar-refractivity contribution in [1.82, 2.24) is 14.5 Å². The Bertz CT molecular complexity index is 974. The molecule has 1 aliphatic heterocycles. The highest BCUT2D eigenvalue weighted by Gasteiger charge is 2.30. The number of aliphatic hydroxyl groups excluding tert-OH is 1. The van der Waals surface area contributed by atoms with E-state index in [0.29, 0.717) is 11.5 Å². The van der Waals surface area contributed by atoms with Crippen LogP contribution in [0.4, 0.5) is 5.69 Å². The number of nitrogens with zero attached hydrogens (tertiary/aromatic N) is 5. The molecule has 1 N–H and O–H groups in total. The Morgan fingerprint density at radius 3 is 2.96 bits per heavy atom. The summed E-state index contributed by atoms with van der Waals surface area (Å²) in [5, 5.41) is 21.2. The van der Waals surface area contributed by atoms with Gasteiger partial charge in [-0.25, -0.2) is 9.97 Å². The van der Waals surface area contributed by atoms with Crippen molar-refractivity contribution in [3.63, 3.8) is 0 Å². The lowest BCUT2D eigenvalue weighted by Gasteiger charge is -2.36. The van der Waals surface area contributed by atoms with Crippen molar-refractivity contribution in [3.8, 4) is 6.07 Å². The maximum absolute atomic E-state index is 10.8. The molecule has 1 saturated heterocycles. The number of benzene rings is 1. The molecule has 0 amide bonds. The maximum Gasteiger partial charge on any atom is 0.143 e. The molecule has 4 rings (SSSR count). The molecule has 3 aromatic rings. The zero-order chi connectivity index (χ0) is 18.1. The van der Waals surface area contributed by atoms with Crippen molar-refractivity contribution in [2.24, 2.45) is 13.0 Å². The van der Waals surface area contributed by atoms with Crippen LogP contribution in [0.1, 0.15) is 30.5 Å². The van der Waals surface area contributed by atoms with E-state index in [0.717, 1.165) is 42.5 Å². The molecule has 1 aromatic carbocycles. The van der Waals surface area contributed by atoms with Crippen molar-refractivity contribution >= 4 is 16.6 Å². The Balaban J connectivity index is 1.67. The lowest BCUT2D eigenvalue weighted by Crippen LogP contribution is -2.38. The molecule has 132 valence electrons. The second-order valence-corrected chi connectivity index (χ2v) is 6.85. The monoisotopic (exact) mass is 347 g/mol. The number of nitriles is 1. The SMILES string of the molecule is Cn1ccnc1C(O)C1CCCN(c2cc(C#N)nc3ccccc23)C1. The summed E-state index contributed by atoms with van der Waals surface area (Å²) >= 11 is 0. The minimum atomic E-state index is -0.596. The third-order valence-corrected chi connectivity index (χ3v) is 5.18. The van der Waals surface area contributed by atoms with Gasteiger partial charge in [0.05, 0.1) is 5.52 Å². The number of rotatable bonds is 3. The van der Waals surface area contributed by atoms with Gasteiger partial charge >= 0.3 is 0 Å². The van der Waals surface area contributed by atoms with Gasteiger partial charge in [0.1, 0.15) is 23.7 Å². The lowest BCUT2D eigenvalue weighted by atomic mass is 9.91. The number of imidazole rings is 1. The number of pyridine rings is 1. The first-order valence-corrected chi connectivity index (χ1v) is 8.87. The van der Waals surface area contributed by atoms with Crippen LogP contribution in [0.2, 0.25) is 0 Å². The Hall–Kier alpha value is -2.91.